The zero-order valence-corrected chi connectivity index (χ0v) is 15.9. The van der Waals surface area contributed by atoms with Gasteiger partial charge in [-0.15, -0.1) is 10.2 Å². The monoisotopic (exact) mass is 373 g/mol. The first-order valence-corrected chi connectivity index (χ1v) is 9.63. The number of amides is 2. The molecule has 1 aliphatic rings. The Morgan fingerprint density at radius 2 is 1.69 bits per heavy atom. The van der Waals surface area contributed by atoms with Gasteiger partial charge in [0.1, 0.15) is 5.82 Å². The summed E-state index contributed by atoms with van der Waals surface area (Å²) in [6.07, 6.45) is 0. The number of benzene rings is 1. The van der Waals surface area contributed by atoms with E-state index in [0.717, 1.165) is 11.0 Å². The Bertz CT molecular complexity index is 769. The number of thioether (sulfide) groups is 1. The standard InChI is InChI=1S/C18H23N5O2S/c1-14-19-20-18(23(14)12-16-6-4-3-5-7-16)26-13-17(25)22-10-8-21(9-11-22)15(2)24/h3-7H,8-13H2,1-2H3. The lowest BCUT2D eigenvalue weighted by Gasteiger charge is -2.34. The van der Waals surface area contributed by atoms with Crippen molar-refractivity contribution in [2.45, 2.75) is 25.5 Å². The van der Waals surface area contributed by atoms with Gasteiger partial charge in [-0.1, -0.05) is 42.1 Å². The summed E-state index contributed by atoms with van der Waals surface area (Å²) in [4.78, 5) is 27.4. The van der Waals surface area contributed by atoms with Crippen molar-refractivity contribution in [3.8, 4) is 0 Å². The van der Waals surface area contributed by atoms with Crippen LogP contribution in [0.2, 0.25) is 0 Å². The van der Waals surface area contributed by atoms with Crippen molar-refractivity contribution in [1.82, 2.24) is 24.6 Å². The number of carbonyl (C=O) groups excluding carboxylic acids is 2. The third kappa shape index (κ3) is 4.43. The van der Waals surface area contributed by atoms with Crippen molar-refractivity contribution in [1.29, 1.82) is 0 Å². The number of aryl methyl sites for hydroxylation is 1. The van der Waals surface area contributed by atoms with Gasteiger partial charge in [0.05, 0.1) is 12.3 Å². The van der Waals surface area contributed by atoms with Crippen molar-refractivity contribution in [2.24, 2.45) is 0 Å². The van der Waals surface area contributed by atoms with Gasteiger partial charge in [0, 0.05) is 33.1 Å². The third-order valence-electron chi connectivity index (χ3n) is 4.49. The number of piperazine rings is 1. The molecule has 26 heavy (non-hydrogen) atoms. The SMILES string of the molecule is CC(=O)N1CCN(C(=O)CSc2nnc(C)n2Cc2ccccc2)CC1. The van der Waals surface area contributed by atoms with Crippen LogP contribution >= 0.6 is 11.8 Å². The maximum absolute atomic E-state index is 12.5. The summed E-state index contributed by atoms with van der Waals surface area (Å²) in [7, 11) is 0. The summed E-state index contributed by atoms with van der Waals surface area (Å²) in [6.45, 7) is 6.57. The van der Waals surface area contributed by atoms with E-state index in [1.807, 2.05) is 34.6 Å². The van der Waals surface area contributed by atoms with Crippen LogP contribution in [0.5, 0.6) is 0 Å². The molecule has 0 aliphatic carbocycles. The molecule has 0 atom stereocenters. The van der Waals surface area contributed by atoms with Gasteiger partial charge in [0.2, 0.25) is 11.8 Å². The van der Waals surface area contributed by atoms with E-state index in [-0.39, 0.29) is 11.8 Å². The fourth-order valence-electron chi connectivity index (χ4n) is 2.90. The fourth-order valence-corrected chi connectivity index (χ4v) is 3.79. The van der Waals surface area contributed by atoms with E-state index in [1.54, 1.807) is 11.8 Å². The highest BCUT2D eigenvalue weighted by atomic mass is 32.2. The summed E-state index contributed by atoms with van der Waals surface area (Å²) >= 11 is 1.41. The van der Waals surface area contributed by atoms with Crippen LogP contribution in [0, 0.1) is 6.92 Å². The smallest absolute Gasteiger partial charge is 0.233 e. The maximum Gasteiger partial charge on any atom is 0.233 e. The fraction of sp³-hybridized carbons (Fsp3) is 0.444. The number of rotatable bonds is 5. The number of carbonyl (C=O) groups is 2. The lowest BCUT2D eigenvalue weighted by Crippen LogP contribution is -2.50. The molecule has 1 fully saturated rings. The van der Waals surface area contributed by atoms with Crippen LogP contribution in [0.1, 0.15) is 18.3 Å². The van der Waals surface area contributed by atoms with Gasteiger partial charge in [-0.05, 0) is 12.5 Å². The van der Waals surface area contributed by atoms with E-state index in [2.05, 4.69) is 22.3 Å². The highest BCUT2D eigenvalue weighted by Crippen LogP contribution is 2.19. The molecule has 8 heteroatoms. The van der Waals surface area contributed by atoms with Gasteiger partial charge in [0.25, 0.3) is 0 Å². The minimum atomic E-state index is 0.0657. The molecule has 0 saturated carbocycles. The van der Waals surface area contributed by atoms with Crippen molar-refractivity contribution < 1.29 is 9.59 Å². The first-order valence-electron chi connectivity index (χ1n) is 8.64. The molecular weight excluding hydrogens is 350 g/mol. The molecule has 138 valence electrons. The second-order valence-electron chi connectivity index (χ2n) is 6.28. The van der Waals surface area contributed by atoms with Crippen molar-refractivity contribution in [3.63, 3.8) is 0 Å². The van der Waals surface area contributed by atoms with Crippen LogP contribution in [0.4, 0.5) is 0 Å². The maximum atomic E-state index is 12.5. The first kappa shape index (κ1) is 18.4. The Labute approximate surface area is 157 Å². The number of aromatic nitrogens is 3. The molecule has 0 unspecified atom stereocenters. The average Bonchev–Trinajstić information content (AvgIpc) is 3.00. The Kier molecular flexibility index (Phi) is 5.92. The zero-order valence-electron chi connectivity index (χ0n) is 15.1. The summed E-state index contributed by atoms with van der Waals surface area (Å²) in [5.41, 5.74) is 1.17. The number of hydrogen-bond acceptors (Lipinski definition) is 5. The van der Waals surface area contributed by atoms with Crippen LogP contribution in [-0.2, 0) is 16.1 Å². The zero-order chi connectivity index (χ0) is 18.5. The van der Waals surface area contributed by atoms with Gasteiger partial charge < -0.3 is 14.4 Å². The topological polar surface area (TPSA) is 71.3 Å². The molecule has 1 aliphatic heterocycles. The molecular formula is C18H23N5O2S. The molecule has 1 saturated heterocycles. The van der Waals surface area contributed by atoms with E-state index < -0.39 is 0 Å². The number of hydrogen-bond donors (Lipinski definition) is 0. The molecule has 7 nitrogen and oxygen atoms in total. The van der Waals surface area contributed by atoms with Crippen LogP contribution in [0.3, 0.4) is 0 Å². The van der Waals surface area contributed by atoms with E-state index in [1.165, 1.54) is 17.3 Å². The van der Waals surface area contributed by atoms with Crippen molar-refractivity contribution in [3.05, 3.63) is 41.7 Å². The highest BCUT2D eigenvalue weighted by molar-refractivity contribution is 7.99. The molecule has 2 amide bonds. The predicted molar refractivity (Wildman–Crippen MR) is 99.9 cm³/mol. The molecule has 2 aromatic rings. The van der Waals surface area contributed by atoms with Gasteiger partial charge >= 0.3 is 0 Å². The Hall–Kier alpha value is -2.35. The van der Waals surface area contributed by atoms with Crippen LogP contribution < -0.4 is 0 Å². The third-order valence-corrected chi connectivity index (χ3v) is 5.44. The van der Waals surface area contributed by atoms with Gasteiger partial charge in [0.15, 0.2) is 5.16 Å². The van der Waals surface area contributed by atoms with E-state index >= 15 is 0 Å². The van der Waals surface area contributed by atoms with Gasteiger partial charge in [-0.3, -0.25) is 9.59 Å². The van der Waals surface area contributed by atoms with Gasteiger partial charge in [-0.25, -0.2) is 0 Å². The Morgan fingerprint density at radius 3 is 2.35 bits per heavy atom. The summed E-state index contributed by atoms with van der Waals surface area (Å²) in [5.74, 6) is 1.30. The number of nitrogens with zero attached hydrogens (tertiary/aromatic N) is 5. The van der Waals surface area contributed by atoms with Crippen molar-refractivity contribution >= 4 is 23.6 Å². The average molecular weight is 373 g/mol. The van der Waals surface area contributed by atoms with Gasteiger partial charge in [-0.2, -0.15) is 0 Å². The molecule has 2 heterocycles. The first-order chi connectivity index (χ1) is 12.5. The van der Waals surface area contributed by atoms with Crippen LogP contribution in [-0.4, -0.2) is 68.3 Å². The molecule has 0 radical (unpaired) electrons. The van der Waals surface area contributed by atoms with Crippen molar-refractivity contribution in [2.75, 3.05) is 31.9 Å². The molecule has 0 bridgehead atoms. The van der Waals surface area contributed by atoms with E-state index in [0.29, 0.717) is 38.5 Å². The largest absolute Gasteiger partial charge is 0.339 e. The van der Waals surface area contributed by atoms with E-state index in [4.69, 9.17) is 0 Å². The second kappa shape index (κ2) is 8.35. The summed E-state index contributed by atoms with van der Waals surface area (Å²) in [6, 6.07) is 10.1. The second-order valence-corrected chi connectivity index (χ2v) is 7.22. The molecule has 0 spiro atoms. The Morgan fingerprint density at radius 1 is 1.04 bits per heavy atom. The lowest BCUT2D eigenvalue weighted by atomic mass is 10.2. The summed E-state index contributed by atoms with van der Waals surface area (Å²) in [5, 5.41) is 9.12. The van der Waals surface area contributed by atoms with E-state index in [9.17, 15) is 9.59 Å². The molecule has 1 aromatic carbocycles. The summed E-state index contributed by atoms with van der Waals surface area (Å²) < 4.78 is 2.03. The lowest BCUT2D eigenvalue weighted by molar-refractivity contribution is -0.136. The minimum absolute atomic E-state index is 0.0657. The minimum Gasteiger partial charge on any atom is -0.339 e. The quantitative estimate of drug-likeness (QED) is 0.741. The van der Waals surface area contributed by atoms with Crippen LogP contribution in [0.25, 0.3) is 0 Å². The highest BCUT2D eigenvalue weighted by Gasteiger charge is 2.23. The Balaban J connectivity index is 1.57. The molecule has 3 rings (SSSR count). The molecule has 1 aromatic heterocycles. The normalized spacial score (nSPS) is 14.5. The predicted octanol–water partition coefficient (Wildman–Crippen LogP) is 1.42. The van der Waals surface area contributed by atoms with Crippen LogP contribution in [0.15, 0.2) is 35.5 Å². The molecule has 0 N–H and O–H groups in total.